The maximum Gasteiger partial charge on any atom is 0.326 e. The molecule has 0 radical (unpaired) electrons. The van der Waals surface area contributed by atoms with Gasteiger partial charge in [-0.1, -0.05) is 44.2 Å². The summed E-state index contributed by atoms with van der Waals surface area (Å²) in [6.07, 6.45) is -1.80. The lowest BCUT2D eigenvalue weighted by molar-refractivity contribution is -0.143. The van der Waals surface area contributed by atoms with E-state index in [2.05, 4.69) is 26.9 Å². The lowest BCUT2D eigenvalue weighted by Crippen LogP contribution is -2.46. The molecule has 0 unspecified atom stereocenters. The van der Waals surface area contributed by atoms with Gasteiger partial charge in [0.15, 0.2) is 28.9 Å². The van der Waals surface area contributed by atoms with Crippen LogP contribution in [0.25, 0.3) is 22.5 Å². The molecule has 6 rings (SSSR count). The van der Waals surface area contributed by atoms with Gasteiger partial charge in [0.2, 0.25) is 11.8 Å². The van der Waals surface area contributed by atoms with Crippen LogP contribution in [0.4, 0.5) is 5.82 Å². The number of nitrogens with two attached hydrogens (primary N) is 4. The molecule has 2 heterocycles. The van der Waals surface area contributed by atoms with Crippen LogP contribution in [0.1, 0.15) is 78.3 Å². The highest BCUT2D eigenvalue weighted by Crippen LogP contribution is 2.48. The number of anilines is 1. The molecule has 14 N–H and O–H groups in total. The summed E-state index contributed by atoms with van der Waals surface area (Å²) in [5, 5.41) is 50.6. The summed E-state index contributed by atoms with van der Waals surface area (Å²) < 4.78 is 38.5. The van der Waals surface area contributed by atoms with Crippen LogP contribution in [0.3, 0.4) is 0 Å². The van der Waals surface area contributed by atoms with Gasteiger partial charge in [-0.3, -0.25) is 19.2 Å². The lowest BCUT2D eigenvalue weighted by Gasteiger charge is -2.32. The number of likely N-dealkylation sites (N-methyl/N-ethyl adjacent to an activating group) is 1. The maximum absolute atomic E-state index is 15.0. The Hall–Kier alpha value is -6.60. The van der Waals surface area contributed by atoms with E-state index in [1.807, 2.05) is 24.3 Å². The first kappa shape index (κ1) is 53.7. The third kappa shape index (κ3) is 13.0. The van der Waals surface area contributed by atoms with Gasteiger partial charge in [-0.15, -0.1) is 0 Å². The Balaban J connectivity index is 1.46. The number of amides is 2. The number of aliphatic hydroxyl groups excluding tert-OH is 2. The van der Waals surface area contributed by atoms with Crippen molar-refractivity contribution in [3.05, 3.63) is 82.5 Å². The van der Waals surface area contributed by atoms with Crippen molar-refractivity contribution in [2.45, 2.75) is 82.6 Å². The molecule has 4 aromatic rings. The second-order valence-electron chi connectivity index (χ2n) is 18.4. The summed E-state index contributed by atoms with van der Waals surface area (Å²) in [7, 11) is -3.28. The van der Waals surface area contributed by atoms with Crippen LogP contribution in [0.15, 0.2) is 54.6 Å². The van der Waals surface area contributed by atoms with Crippen LogP contribution in [0.2, 0.25) is 0 Å². The van der Waals surface area contributed by atoms with Crippen LogP contribution in [-0.4, -0.2) is 131 Å². The summed E-state index contributed by atoms with van der Waals surface area (Å²) >= 11 is 0. The molecule has 1 fully saturated rings. The normalized spacial score (nSPS) is 19.1. The molecule has 2 aliphatic rings. The van der Waals surface area contributed by atoms with E-state index in [-0.39, 0.29) is 82.6 Å². The number of carbonyl (C=O) groups is 5. The summed E-state index contributed by atoms with van der Waals surface area (Å²) in [5.74, 6) is -8.35. The lowest BCUT2D eigenvalue weighted by atomic mass is 9.88. The molecular weight excluding hydrogens is 943 g/mol. The molecule has 23 heteroatoms. The number of Topliss-reactive ketones (excluding diaryl/α,β-unsaturated/α-hetero) is 2. The Morgan fingerprint density at radius 2 is 1.58 bits per heavy atom. The zero-order valence-corrected chi connectivity index (χ0v) is 40.6. The quantitative estimate of drug-likeness (QED) is 0.0580. The minimum atomic E-state index is -4.49. The Labute approximate surface area is 410 Å². The van der Waals surface area contributed by atoms with E-state index in [4.69, 9.17) is 31.8 Å². The number of phenolic OH excluding ortho intramolecular Hbond substituents is 1. The van der Waals surface area contributed by atoms with E-state index in [9.17, 15) is 52.8 Å². The van der Waals surface area contributed by atoms with Crippen molar-refractivity contribution >= 4 is 45.4 Å². The van der Waals surface area contributed by atoms with Crippen molar-refractivity contribution in [2.24, 2.45) is 28.4 Å². The number of nitrogens with one attached hydrogen (secondary N) is 2. The summed E-state index contributed by atoms with van der Waals surface area (Å²) in [6, 6.07) is 11.4. The monoisotopic (exact) mass is 1000 g/mol. The average Bonchev–Trinajstić information content (AvgIpc) is 4.08. The first-order valence-corrected chi connectivity index (χ1v) is 24.4. The predicted octanol–water partition coefficient (Wildman–Crippen LogP) is 0.758. The van der Waals surface area contributed by atoms with Gasteiger partial charge in [-0.2, -0.15) is 8.42 Å². The zero-order valence-electron chi connectivity index (χ0n) is 39.8. The first-order valence-electron chi connectivity index (χ1n) is 22.8. The maximum atomic E-state index is 15.0. The number of hydrogen-bond donors (Lipinski definition) is 10. The number of ether oxygens (including phenoxy) is 2. The van der Waals surface area contributed by atoms with Gasteiger partial charge in [-0.25, -0.2) is 24.6 Å². The third-order valence-corrected chi connectivity index (χ3v) is 13.3. The fraction of sp³-hybridized carbons (Fsp3) is 0.438. The molecule has 1 aliphatic carbocycles. The van der Waals surface area contributed by atoms with Crippen LogP contribution in [0, 0.1) is 18.8 Å². The minimum absolute atomic E-state index is 0.0330. The van der Waals surface area contributed by atoms with E-state index in [0.29, 0.717) is 11.1 Å². The number of rotatable bonds is 19. The average molecular weight is 1000 g/mol. The number of aromatic nitrogens is 2. The standard InChI is InChI=1S/C48H61N9O13S/c1-24-13-37(61)41(57(4)46(64)29(21-53-71(52,67)68)17-36(60)40-25(2)54-44(56-43(40)51)27-6-8-30(9-7-27)48(3)11-12-48)28-16-34(42(62)39(18-28)70-23-32(59)20-50)33-14-26(15-35(47(65)66)55-45(24)63)5-10-38(33)69-22-31(58)19-49/h5-10,14,16,18,24,29,31-32,35,41,53,58-59,62H,11-13,15,17,19-23,49-50H2,1-4H3,(H,55,63)(H,65,66)(H2,51,54,56)(H2,52,67,68)/t24-,29+,31-,32-,35+,41+/m1/s1. The Bertz CT molecular complexity index is 2770. The molecule has 6 atom stereocenters. The number of aliphatic hydroxyl groups is 2. The van der Waals surface area contributed by atoms with Crippen LogP contribution < -0.4 is 41.9 Å². The number of carboxylic acid groups (broad SMARTS) is 1. The topological polar surface area (TPSA) is 376 Å². The van der Waals surface area contributed by atoms with E-state index in [0.717, 1.165) is 17.7 Å². The number of carbonyl (C=O) groups excluding carboxylic acids is 4. The molecule has 0 spiro atoms. The molecule has 382 valence electrons. The van der Waals surface area contributed by atoms with E-state index in [1.54, 1.807) is 0 Å². The van der Waals surface area contributed by atoms with Gasteiger partial charge in [0.25, 0.3) is 10.2 Å². The minimum Gasteiger partial charge on any atom is -0.504 e. The Kier molecular flexibility index (Phi) is 16.8. The van der Waals surface area contributed by atoms with Gasteiger partial charge in [0.05, 0.1) is 17.2 Å². The molecule has 22 nitrogen and oxygen atoms in total. The molecule has 0 saturated heterocycles. The third-order valence-electron chi connectivity index (χ3n) is 12.8. The van der Waals surface area contributed by atoms with Gasteiger partial charge in [0.1, 0.15) is 49.1 Å². The molecule has 4 bridgehead atoms. The van der Waals surface area contributed by atoms with E-state index >= 15 is 0 Å². The number of ketones is 2. The van der Waals surface area contributed by atoms with Crippen LogP contribution in [0.5, 0.6) is 17.2 Å². The highest BCUT2D eigenvalue weighted by Gasteiger charge is 2.40. The number of hydrogen-bond acceptors (Lipinski definition) is 17. The highest BCUT2D eigenvalue weighted by atomic mass is 32.2. The number of nitrogens with zero attached hydrogens (tertiary/aromatic N) is 3. The molecule has 2 amide bonds. The van der Waals surface area contributed by atoms with Crippen LogP contribution >= 0.6 is 0 Å². The van der Waals surface area contributed by atoms with Gasteiger partial charge in [0, 0.05) is 68.6 Å². The number of benzene rings is 3. The van der Waals surface area contributed by atoms with Gasteiger partial charge in [-0.05, 0) is 66.1 Å². The predicted molar refractivity (Wildman–Crippen MR) is 259 cm³/mol. The number of aliphatic carboxylic acids is 1. The number of nitrogen functional groups attached to an aromatic ring is 1. The SMILES string of the molecule is Cc1nc(-c2ccc(C3(C)CC3)cc2)nc(N)c1C(=O)C[C@@H](CNS(N)(=O)=O)C(=O)N(C)[C@@H]1C(=O)C[C@@H](C)C(=O)N[C@H](C(=O)O)Cc2ccc(OC[C@H](O)CN)c(c2)-c2cc1cc(OC[C@H](O)CN)c2O. The highest BCUT2D eigenvalue weighted by molar-refractivity contribution is 7.87. The summed E-state index contributed by atoms with van der Waals surface area (Å²) in [6.45, 7) is 3.11. The summed E-state index contributed by atoms with van der Waals surface area (Å²) in [5.41, 5.74) is 19.9. The molecular formula is C48H61N9O13S. The van der Waals surface area contributed by atoms with Crippen molar-refractivity contribution in [1.82, 2.24) is 24.9 Å². The van der Waals surface area contributed by atoms with Gasteiger partial charge >= 0.3 is 5.97 Å². The summed E-state index contributed by atoms with van der Waals surface area (Å²) in [4.78, 5) is 80.1. The molecule has 3 aromatic carbocycles. The van der Waals surface area contributed by atoms with E-state index < -0.39 is 107 Å². The van der Waals surface area contributed by atoms with Crippen molar-refractivity contribution in [2.75, 3.05) is 45.6 Å². The number of aryl methyl sites for hydroxylation is 1. The van der Waals surface area contributed by atoms with Crippen molar-refractivity contribution in [3.8, 4) is 39.8 Å². The Morgan fingerprint density at radius 1 is 0.944 bits per heavy atom. The van der Waals surface area contributed by atoms with Crippen molar-refractivity contribution in [1.29, 1.82) is 0 Å². The molecule has 1 aromatic heterocycles. The number of phenols is 1. The zero-order chi connectivity index (χ0) is 52.1. The van der Waals surface area contributed by atoms with Gasteiger partial charge < -0.3 is 57.3 Å². The number of carboxylic acids is 1. The molecule has 71 heavy (non-hydrogen) atoms. The van der Waals surface area contributed by atoms with E-state index in [1.165, 1.54) is 56.8 Å². The number of fused-ring (bicyclic) bond motifs is 5. The fourth-order valence-electron chi connectivity index (χ4n) is 8.30. The first-order chi connectivity index (χ1) is 33.4. The fourth-order valence-corrected chi connectivity index (χ4v) is 8.74. The molecule has 1 aliphatic heterocycles. The smallest absolute Gasteiger partial charge is 0.326 e. The second kappa shape index (κ2) is 22.2. The number of aromatic hydroxyl groups is 1. The second-order valence-corrected chi connectivity index (χ2v) is 19.8. The molecule has 1 saturated carbocycles. The van der Waals surface area contributed by atoms with Crippen molar-refractivity contribution < 1.29 is 62.3 Å². The van der Waals surface area contributed by atoms with Crippen molar-refractivity contribution in [3.63, 3.8) is 0 Å². The Morgan fingerprint density at radius 3 is 2.15 bits per heavy atom. The largest absolute Gasteiger partial charge is 0.504 e. The van der Waals surface area contributed by atoms with Crippen LogP contribution in [-0.2, 0) is 41.2 Å².